The van der Waals surface area contributed by atoms with Gasteiger partial charge >= 0.3 is 0 Å². The lowest BCUT2D eigenvalue weighted by atomic mass is 10.1. The zero-order chi connectivity index (χ0) is 24.9. The van der Waals surface area contributed by atoms with Crippen LogP contribution in [0.5, 0.6) is 0 Å². The van der Waals surface area contributed by atoms with Crippen LogP contribution in [0, 0.1) is 6.92 Å². The van der Waals surface area contributed by atoms with Crippen molar-refractivity contribution in [2.24, 2.45) is 5.73 Å². The summed E-state index contributed by atoms with van der Waals surface area (Å²) in [4.78, 5) is 29.2. The summed E-state index contributed by atoms with van der Waals surface area (Å²) in [6.45, 7) is 5.20. The molecule has 190 valence electrons. The largest absolute Gasteiger partial charge is 0.330 e. The Balaban J connectivity index is 0.00000361. The third-order valence-electron chi connectivity index (χ3n) is 6.16. The molecule has 2 aromatic carbocycles. The van der Waals surface area contributed by atoms with Crippen molar-refractivity contribution in [3.63, 3.8) is 0 Å². The summed E-state index contributed by atoms with van der Waals surface area (Å²) < 4.78 is 3.16. The van der Waals surface area contributed by atoms with Crippen molar-refractivity contribution < 1.29 is 4.79 Å². The second-order valence-corrected chi connectivity index (χ2v) is 9.03. The predicted molar refractivity (Wildman–Crippen MR) is 146 cm³/mol. The molecule has 0 aliphatic carbocycles. The van der Waals surface area contributed by atoms with Crippen LogP contribution in [0.4, 0.5) is 0 Å². The number of nitrogens with two attached hydrogens (primary N) is 1. The van der Waals surface area contributed by atoms with Crippen LogP contribution in [0.1, 0.15) is 53.1 Å². The minimum atomic E-state index is -0.433. The number of carbonyl (C=O) groups is 1. The van der Waals surface area contributed by atoms with Crippen molar-refractivity contribution in [1.29, 1.82) is 0 Å². The van der Waals surface area contributed by atoms with Crippen LogP contribution in [-0.4, -0.2) is 38.1 Å². The number of benzene rings is 2. The maximum absolute atomic E-state index is 13.7. The highest BCUT2D eigenvalue weighted by molar-refractivity contribution is 6.33. The van der Waals surface area contributed by atoms with Gasteiger partial charge in [0.2, 0.25) is 0 Å². The monoisotopic (exact) mass is 527 g/mol. The van der Waals surface area contributed by atoms with Crippen molar-refractivity contribution >= 4 is 35.4 Å². The van der Waals surface area contributed by atoms with E-state index in [2.05, 4.69) is 0 Å². The molecule has 7 nitrogen and oxygen atoms in total. The highest BCUT2D eigenvalue weighted by atomic mass is 35.5. The summed E-state index contributed by atoms with van der Waals surface area (Å²) in [5.41, 5.74) is 8.53. The molecular weight excluding hydrogens is 497 g/mol. The number of rotatable bonds is 9. The maximum atomic E-state index is 13.7. The van der Waals surface area contributed by atoms with Gasteiger partial charge in [-0.05, 0) is 50.1 Å². The van der Waals surface area contributed by atoms with Crippen LogP contribution in [-0.2, 0) is 6.54 Å². The highest BCUT2D eigenvalue weighted by Gasteiger charge is 2.29. The van der Waals surface area contributed by atoms with Gasteiger partial charge in [-0.3, -0.25) is 14.2 Å². The Morgan fingerprint density at radius 1 is 1.11 bits per heavy atom. The molecule has 2 aromatic heterocycles. The van der Waals surface area contributed by atoms with Gasteiger partial charge in [0.25, 0.3) is 11.5 Å². The number of fused-ring (bicyclic) bond motifs is 1. The average molecular weight is 528 g/mol. The molecule has 0 aliphatic heterocycles. The van der Waals surface area contributed by atoms with Crippen LogP contribution in [0.15, 0.2) is 71.7 Å². The molecule has 4 rings (SSSR count). The molecule has 4 aromatic rings. The average Bonchev–Trinajstić information content (AvgIpc) is 3.25. The molecule has 0 bridgehead atoms. The number of carbonyl (C=O) groups excluding carboxylic acids is 1. The molecule has 1 atom stereocenters. The Kier molecular flexibility index (Phi) is 9.31. The summed E-state index contributed by atoms with van der Waals surface area (Å²) in [5, 5.41) is 5.16. The Hall–Kier alpha value is -3.13. The molecule has 0 saturated heterocycles. The van der Waals surface area contributed by atoms with Gasteiger partial charge in [0.15, 0.2) is 5.82 Å². The van der Waals surface area contributed by atoms with Crippen LogP contribution in [0.2, 0.25) is 5.02 Å². The number of amides is 1. The molecule has 2 heterocycles. The van der Waals surface area contributed by atoms with Crippen molar-refractivity contribution in [2.45, 2.75) is 39.3 Å². The minimum absolute atomic E-state index is 0. The van der Waals surface area contributed by atoms with Gasteiger partial charge in [0, 0.05) is 18.3 Å². The Morgan fingerprint density at radius 2 is 1.81 bits per heavy atom. The fourth-order valence-corrected chi connectivity index (χ4v) is 4.53. The van der Waals surface area contributed by atoms with Gasteiger partial charge in [-0.1, -0.05) is 66.6 Å². The van der Waals surface area contributed by atoms with Gasteiger partial charge in [0.05, 0.1) is 17.6 Å². The zero-order valence-electron chi connectivity index (χ0n) is 20.4. The summed E-state index contributed by atoms with van der Waals surface area (Å²) in [5.74, 6) is 0.398. The molecular formula is C27H31Cl2N5O2. The van der Waals surface area contributed by atoms with E-state index < -0.39 is 6.04 Å². The fraction of sp³-hybridized carbons (Fsp3) is 0.296. The molecule has 0 fully saturated rings. The van der Waals surface area contributed by atoms with E-state index >= 15 is 0 Å². The normalized spacial score (nSPS) is 11.8. The maximum Gasteiger partial charge on any atom is 0.279 e. The van der Waals surface area contributed by atoms with Crippen molar-refractivity contribution in [2.75, 3.05) is 13.1 Å². The summed E-state index contributed by atoms with van der Waals surface area (Å²) >= 11 is 6.34. The Morgan fingerprint density at radius 3 is 2.44 bits per heavy atom. The van der Waals surface area contributed by atoms with Crippen molar-refractivity contribution in [3.8, 4) is 0 Å². The minimum Gasteiger partial charge on any atom is -0.330 e. The number of nitrogens with zero attached hydrogens (tertiary/aromatic N) is 4. The lowest BCUT2D eigenvalue weighted by molar-refractivity contribution is 0.0654. The molecule has 0 aliphatic rings. The second-order valence-electron chi connectivity index (χ2n) is 8.62. The standard InChI is InChI=1S/C27H30ClN5O2.ClH/c1-3-23(31(16-7-15-29)26(34)21-12-10-19(2)11-13-21)25-30-33-17-14-22(28)24(33)27(35)32(25)18-20-8-5-4-6-9-20;/h4-6,8-14,17,23H,3,7,15-16,18,29H2,1-2H3;1H. The van der Waals surface area contributed by atoms with Gasteiger partial charge in [-0.25, -0.2) is 4.52 Å². The highest BCUT2D eigenvalue weighted by Crippen LogP contribution is 2.26. The summed E-state index contributed by atoms with van der Waals surface area (Å²) in [6, 6.07) is 18.5. The van der Waals surface area contributed by atoms with E-state index in [-0.39, 0.29) is 23.9 Å². The van der Waals surface area contributed by atoms with Crippen LogP contribution < -0.4 is 11.3 Å². The van der Waals surface area contributed by atoms with E-state index in [4.69, 9.17) is 22.4 Å². The first-order valence-corrected chi connectivity index (χ1v) is 12.2. The lowest BCUT2D eigenvalue weighted by Gasteiger charge is -2.32. The third-order valence-corrected chi connectivity index (χ3v) is 6.46. The van der Waals surface area contributed by atoms with E-state index in [0.717, 1.165) is 11.1 Å². The van der Waals surface area contributed by atoms with E-state index in [9.17, 15) is 9.59 Å². The smallest absolute Gasteiger partial charge is 0.279 e. The third kappa shape index (κ3) is 5.64. The first-order chi connectivity index (χ1) is 16.9. The van der Waals surface area contributed by atoms with Crippen molar-refractivity contribution in [3.05, 3.63) is 105 Å². The van der Waals surface area contributed by atoms with E-state index in [1.807, 2.05) is 68.4 Å². The molecule has 9 heteroatoms. The van der Waals surface area contributed by atoms with Gasteiger partial charge < -0.3 is 10.6 Å². The molecule has 1 amide bonds. The van der Waals surface area contributed by atoms with Gasteiger partial charge in [-0.15, -0.1) is 12.4 Å². The van der Waals surface area contributed by atoms with E-state index in [0.29, 0.717) is 54.4 Å². The van der Waals surface area contributed by atoms with Crippen molar-refractivity contribution in [1.82, 2.24) is 19.1 Å². The molecule has 2 N–H and O–H groups in total. The first-order valence-electron chi connectivity index (χ1n) is 11.8. The van der Waals surface area contributed by atoms with Crippen LogP contribution in [0.25, 0.3) is 5.52 Å². The number of aromatic nitrogens is 3. The molecule has 36 heavy (non-hydrogen) atoms. The molecule has 1 unspecified atom stereocenters. The molecule has 0 saturated carbocycles. The Bertz CT molecular complexity index is 1370. The SMILES string of the molecule is CCC(c1nn2ccc(Cl)c2c(=O)n1Cc1ccccc1)N(CCCN)C(=O)c1ccc(C)cc1.Cl. The zero-order valence-corrected chi connectivity index (χ0v) is 22.0. The summed E-state index contributed by atoms with van der Waals surface area (Å²) in [6.07, 6.45) is 2.88. The number of hydrogen-bond acceptors (Lipinski definition) is 4. The predicted octanol–water partition coefficient (Wildman–Crippen LogP) is 4.87. The fourth-order valence-electron chi connectivity index (χ4n) is 4.31. The van der Waals surface area contributed by atoms with Gasteiger partial charge in [-0.2, -0.15) is 5.10 Å². The van der Waals surface area contributed by atoms with Crippen LogP contribution in [0.3, 0.4) is 0 Å². The van der Waals surface area contributed by atoms with E-state index in [1.54, 1.807) is 21.7 Å². The van der Waals surface area contributed by atoms with E-state index in [1.165, 1.54) is 4.52 Å². The number of hydrogen-bond donors (Lipinski definition) is 1. The van der Waals surface area contributed by atoms with Gasteiger partial charge in [0.1, 0.15) is 5.52 Å². The first kappa shape index (κ1) is 27.5. The van der Waals surface area contributed by atoms with Crippen LogP contribution >= 0.6 is 24.0 Å². The molecule has 0 spiro atoms. The number of halogens is 2. The second kappa shape index (κ2) is 12.2. The number of aryl methyl sites for hydroxylation is 1. The Labute approximate surface area is 221 Å². The topological polar surface area (TPSA) is 85.6 Å². The quantitative estimate of drug-likeness (QED) is 0.336. The molecule has 0 radical (unpaired) electrons. The lowest BCUT2D eigenvalue weighted by Crippen LogP contribution is -2.40. The summed E-state index contributed by atoms with van der Waals surface area (Å²) in [7, 11) is 0.